The molecule has 0 amide bonds. The highest BCUT2D eigenvalue weighted by Gasteiger charge is 2.29. The van der Waals surface area contributed by atoms with Crippen LogP contribution >= 0.6 is 0 Å². The van der Waals surface area contributed by atoms with Crippen molar-refractivity contribution in [1.82, 2.24) is 0 Å². The summed E-state index contributed by atoms with van der Waals surface area (Å²) in [6.45, 7) is 0.955. The van der Waals surface area contributed by atoms with Gasteiger partial charge in [-0.2, -0.15) is 0 Å². The highest BCUT2D eigenvalue weighted by Crippen LogP contribution is 2.23. The molecule has 1 aliphatic rings. The van der Waals surface area contributed by atoms with E-state index in [0.29, 0.717) is 26.1 Å². The standard InChI is InChI=1S/C11H13FO3S/c12-9-1-3-10(4-2-9)16(13,14)11-5-7-15-8-6-11/h1-4,11H,5-8H2. The van der Waals surface area contributed by atoms with Gasteiger partial charge in [0.25, 0.3) is 0 Å². The number of rotatable bonds is 2. The van der Waals surface area contributed by atoms with Gasteiger partial charge < -0.3 is 4.74 Å². The normalized spacial score (nSPS) is 18.6. The van der Waals surface area contributed by atoms with E-state index in [2.05, 4.69) is 0 Å². The maximum Gasteiger partial charge on any atom is 0.181 e. The molecule has 1 fully saturated rings. The minimum atomic E-state index is -3.33. The molecule has 16 heavy (non-hydrogen) atoms. The lowest BCUT2D eigenvalue weighted by molar-refractivity contribution is 0.0983. The molecule has 0 aliphatic carbocycles. The van der Waals surface area contributed by atoms with E-state index in [-0.39, 0.29) is 4.90 Å². The molecule has 2 rings (SSSR count). The van der Waals surface area contributed by atoms with Gasteiger partial charge in [-0.1, -0.05) is 0 Å². The number of hydrogen-bond donors (Lipinski definition) is 0. The molecule has 1 aromatic carbocycles. The zero-order valence-electron chi connectivity index (χ0n) is 8.73. The van der Waals surface area contributed by atoms with Gasteiger partial charge in [0.15, 0.2) is 9.84 Å². The Morgan fingerprint density at radius 3 is 2.25 bits per heavy atom. The zero-order chi connectivity index (χ0) is 11.6. The molecule has 0 unspecified atom stereocenters. The summed E-state index contributed by atoms with van der Waals surface area (Å²) in [6.07, 6.45) is 1.03. The summed E-state index contributed by atoms with van der Waals surface area (Å²) in [5.74, 6) is -0.425. The van der Waals surface area contributed by atoms with E-state index in [1.165, 1.54) is 24.3 Å². The minimum absolute atomic E-state index is 0.195. The van der Waals surface area contributed by atoms with Gasteiger partial charge in [0.2, 0.25) is 0 Å². The first-order valence-corrected chi connectivity index (χ1v) is 6.72. The molecule has 0 aromatic heterocycles. The van der Waals surface area contributed by atoms with Crippen molar-refractivity contribution in [3.63, 3.8) is 0 Å². The van der Waals surface area contributed by atoms with Crippen molar-refractivity contribution in [3.05, 3.63) is 30.1 Å². The second kappa shape index (κ2) is 4.51. The highest BCUT2D eigenvalue weighted by atomic mass is 32.2. The number of benzene rings is 1. The van der Waals surface area contributed by atoms with Gasteiger partial charge >= 0.3 is 0 Å². The Hall–Kier alpha value is -0.940. The van der Waals surface area contributed by atoms with Crippen molar-refractivity contribution < 1.29 is 17.5 Å². The Bertz CT molecular complexity index is 447. The summed E-state index contributed by atoms with van der Waals surface area (Å²) in [6, 6.07) is 4.98. The molecule has 0 saturated carbocycles. The van der Waals surface area contributed by atoms with Crippen LogP contribution in [-0.2, 0) is 14.6 Å². The predicted octanol–water partition coefficient (Wildman–Crippen LogP) is 1.78. The van der Waals surface area contributed by atoms with Crippen LogP contribution in [0, 0.1) is 5.82 Å². The predicted molar refractivity (Wildman–Crippen MR) is 57.4 cm³/mol. The van der Waals surface area contributed by atoms with Crippen LogP contribution in [0.4, 0.5) is 4.39 Å². The molecule has 1 aliphatic heterocycles. The molecule has 0 radical (unpaired) electrons. The highest BCUT2D eigenvalue weighted by molar-refractivity contribution is 7.92. The average Bonchev–Trinajstić information content (AvgIpc) is 2.31. The molecular formula is C11H13FO3S. The van der Waals surface area contributed by atoms with E-state index in [9.17, 15) is 12.8 Å². The second-order valence-corrected chi connectivity index (χ2v) is 6.04. The summed E-state index contributed by atoms with van der Waals surface area (Å²) in [5.41, 5.74) is 0. The summed E-state index contributed by atoms with van der Waals surface area (Å²) < 4.78 is 42.1. The molecule has 1 saturated heterocycles. The third kappa shape index (κ3) is 2.25. The minimum Gasteiger partial charge on any atom is -0.381 e. The van der Waals surface area contributed by atoms with Crippen LogP contribution in [-0.4, -0.2) is 26.9 Å². The zero-order valence-corrected chi connectivity index (χ0v) is 9.54. The molecule has 1 heterocycles. The summed E-state index contributed by atoms with van der Waals surface area (Å²) in [7, 11) is -3.33. The Morgan fingerprint density at radius 1 is 1.12 bits per heavy atom. The first kappa shape index (κ1) is 11.5. The van der Waals surface area contributed by atoms with Crippen molar-refractivity contribution in [2.24, 2.45) is 0 Å². The van der Waals surface area contributed by atoms with Gasteiger partial charge in [-0.25, -0.2) is 12.8 Å². The summed E-state index contributed by atoms with van der Waals surface area (Å²) >= 11 is 0. The average molecular weight is 244 g/mol. The van der Waals surface area contributed by atoms with Crippen LogP contribution in [0.3, 0.4) is 0 Å². The molecule has 0 atom stereocenters. The third-order valence-electron chi connectivity index (χ3n) is 2.75. The SMILES string of the molecule is O=S(=O)(c1ccc(F)cc1)C1CCOCC1. The molecule has 88 valence electrons. The lowest BCUT2D eigenvalue weighted by atomic mass is 10.2. The van der Waals surface area contributed by atoms with Gasteiger partial charge in [-0.05, 0) is 37.1 Å². The fraction of sp³-hybridized carbons (Fsp3) is 0.455. The third-order valence-corrected chi connectivity index (χ3v) is 5.03. The fourth-order valence-corrected chi connectivity index (χ4v) is 3.52. The number of halogens is 1. The van der Waals surface area contributed by atoms with Gasteiger partial charge in [0, 0.05) is 13.2 Å². The monoisotopic (exact) mass is 244 g/mol. The Balaban J connectivity index is 2.27. The molecular weight excluding hydrogens is 231 g/mol. The molecule has 1 aromatic rings. The lowest BCUT2D eigenvalue weighted by Crippen LogP contribution is -2.28. The molecule has 0 bridgehead atoms. The van der Waals surface area contributed by atoms with Crippen molar-refractivity contribution in [2.45, 2.75) is 23.0 Å². The van der Waals surface area contributed by atoms with Gasteiger partial charge in [0.1, 0.15) is 5.82 Å². The van der Waals surface area contributed by atoms with Gasteiger partial charge in [-0.3, -0.25) is 0 Å². The Morgan fingerprint density at radius 2 is 1.69 bits per heavy atom. The Labute approximate surface area is 94.2 Å². The van der Waals surface area contributed by atoms with Gasteiger partial charge in [-0.15, -0.1) is 0 Å². The van der Waals surface area contributed by atoms with Crippen LogP contribution in [0.1, 0.15) is 12.8 Å². The number of hydrogen-bond acceptors (Lipinski definition) is 3. The maximum absolute atomic E-state index is 12.7. The summed E-state index contributed by atoms with van der Waals surface area (Å²) in [4.78, 5) is 0.195. The van der Waals surface area contributed by atoms with Crippen LogP contribution in [0.25, 0.3) is 0 Å². The molecule has 3 nitrogen and oxygen atoms in total. The van der Waals surface area contributed by atoms with Gasteiger partial charge in [0.05, 0.1) is 10.1 Å². The van der Waals surface area contributed by atoms with Crippen LogP contribution < -0.4 is 0 Å². The van der Waals surface area contributed by atoms with E-state index in [1.807, 2.05) is 0 Å². The first-order valence-electron chi connectivity index (χ1n) is 5.18. The maximum atomic E-state index is 12.7. The number of ether oxygens (including phenoxy) is 1. The first-order chi connectivity index (χ1) is 7.60. The topological polar surface area (TPSA) is 43.4 Å². The van der Waals surface area contributed by atoms with E-state index < -0.39 is 20.9 Å². The number of sulfone groups is 1. The largest absolute Gasteiger partial charge is 0.381 e. The quantitative estimate of drug-likeness (QED) is 0.745. The molecule has 0 spiro atoms. The van der Waals surface area contributed by atoms with E-state index in [4.69, 9.17) is 4.74 Å². The van der Waals surface area contributed by atoms with Crippen LogP contribution in [0.2, 0.25) is 0 Å². The molecule has 0 N–H and O–H groups in total. The second-order valence-electron chi connectivity index (χ2n) is 3.81. The van der Waals surface area contributed by atoms with E-state index >= 15 is 0 Å². The summed E-state index contributed by atoms with van der Waals surface area (Å²) in [5, 5.41) is -0.397. The van der Waals surface area contributed by atoms with Crippen molar-refractivity contribution in [3.8, 4) is 0 Å². The smallest absolute Gasteiger partial charge is 0.181 e. The fourth-order valence-electron chi connectivity index (χ4n) is 1.80. The lowest BCUT2D eigenvalue weighted by Gasteiger charge is -2.22. The van der Waals surface area contributed by atoms with Crippen molar-refractivity contribution in [1.29, 1.82) is 0 Å². The van der Waals surface area contributed by atoms with Crippen molar-refractivity contribution >= 4 is 9.84 Å². The van der Waals surface area contributed by atoms with E-state index in [0.717, 1.165) is 0 Å². The Kier molecular flexibility index (Phi) is 3.25. The molecule has 5 heteroatoms. The van der Waals surface area contributed by atoms with E-state index in [1.54, 1.807) is 0 Å². The van der Waals surface area contributed by atoms with Crippen molar-refractivity contribution in [2.75, 3.05) is 13.2 Å². The van der Waals surface area contributed by atoms with Crippen LogP contribution in [0.15, 0.2) is 29.2 Å². The van der Waals surface area contributed by atoms with Crippen LogP contribution in [0.5, 0.6) is 0 Å².